The Kier molecular flexibility index (Phi) is 4.12. The number of hydrogen-bond donors (Lipinski definition) is 0. The van der Waals surface area contributed by atoms with Crippen molar-refractivity contribution in [2.45, 2.75) is 13.5 Å². The van der Waals surface area contributed by atoms with Crippen LogP contribution < -0.4 is 0 Å². The van der Waals surface area contributed by atoms with Crippen LogP contribution >= 0.6 is 23.2 Å². The van der Waals surface area contributed by atoms with E-state index in [1.807, 2.05) is 19.1 Å². The number of carbonyl (C=O) groups is 1. The minimum absolute atomic E-state index is 0.385. The average molecular weight is 299 g/mol. The summed E-state index contributed by atoms with van der Waals surface area (Å²) in [6.07, 6.45) is 1.49. The van der Waals surface area contributed by atoms with Gasteiger partial charge in [-0.15, -0.1) is 0 Å². The number of imidazole rings is 1. The van der Waals surface area contributed by atoms with Crippen molar-refractivity contribution in [1.29, 1.82) is 0 Å². The molecular weight excluding hydrogens is 287 g/mol. The maximum absolute atomic E-state index is 11.6. The van der Waals surface area contributed by atoms with Gasteiger partial charge in [-0.3, -0.25) is 0 Å². The molecule has 0 atom stereocenters. The van der Waals surface area contributed by atoms with E-state index in [-0.39, 0.29) is 0 Å². The quantitative estimate of drug-likeness (QED) is 0.817. The molecule has 1 aromatic heterocycles. The summed E-state index contributed by atoms with van der Waals surface area (Å²) < 4.78 is 6.46. The average Bonchev–Trinajstić information content (AvgIpc) is 2.76. The van der Waals surface area contributed by atoms with Gasteiger partial charge in [0.1, 0.15) is 11.5 Å². The van der Waals surface area contributed by atoms with E-state index in [2.05, 4.69) is 4.98 Å². The molecular formula is C13H12Cl2N2O2. The molecule has 1 heterocycles. The summed E-state index contributed by atoms with van der Waals surface area (Å²) in [4.78, 5) is 15.8. The number of rotatable bonds is 3. The minimum Gasteiger partial charge on any atom is -0.464 e. The van der Waals surface area contributed by atoms with Crippen molar-refractivity contribution >= 4 is 29.2 Å². The number of methoxy groups -OCH3 is 1. The van der Waals surface area contributed by atoms with Gasteiger partial charge in [0.15, 0.2) is 0 Å². The molecule has 0 aliphatic heterocycles. The van der Waals surface area contributed by atoms with Gasteiger partial charge in [-0.2, -0.15) is 0 Å². The normalized spacial score (nSPS) is 10.5. The van der Waals surface area contributed by atoms with Crippen LogP contribution in [0.15, 0.2) is 24.4 Å². The molecule has 0 bridgehead atoms. The molecule has 0 fully saturated rings. The van der Waals surface area contributed by atoms with Crippen molar-refractivity contribution in [2.75, 3.05) is 7.11 Å². The number of nitrogens with zero attached hydrogens (tertiary/aromatic N) is 2. The first-order valence-electron chi connectivity index (χ1n) is 5.58. The number of aryl methyl sites for hydroxylation is 1. The van der Waals surface area contributed by atoms with E-state index >= 15 is 0 Å². The molecule has 6 heteroatoms. The number of aromatic nitrogens is 2. The lowest BCUT2D eigenvalue weighted by molar-refractivity contribution is 0.0588. The van der Waals surface area contributed by atoms with Gasteiger partial charge < -0.3 is 9.30 Å². The van der Waals surface area contributed by atoms with E-state index in [1.165, 1.54) is 13.3 Å². The van der Waals surface area contributed by atoms with Crippen molar-refractivity contribution in [3.63, 3.8) is 0 Å². The zero-order chi connectivity index (χ0) is 14.0. The fraction of sp³-hybridized carbons (Fsp3) is 0.231. The van der Waals surface area contributed by atoms with Gasteiger partial charge in [0.05, 0.1) is 29.9 Å². The molecule has 0 saturated heterocycles. The minimum atomic E-state index is -0.432. The second-order valence-electron chi connectivity index (χ2n) is 3.98. The highest BCUT2D eigenvalue weighted by Crippen LogP contribution is 2.26. The van der Waals surface area contributed by atoms with Gasteiger partial charge in [-0.1, -0.05) is 35.3 Å². The molecule has 0 saturated carbocycles. The summed E-state index contributed by atoms with van der Waals surface area (Å²) in [6, 6.07) is 5.39. The Hall–Kier alpha value is -1.52. The highest BCUT2D eigenvalue weighted by Gasteiger charge is 2.16. The van der Waals surface area contributed by atoms with E-state index in [4.69, 9.17) is 27.9 Å². The van der Waals surface area contributed by atoms with E-state index in [0.29, 0.717) is 28.1 Å². The second kappa shape index (κ2) is 5.63. The lowest BCUT2D eigenvalue weighted by atomic mass is 10.2. The largest absolute Gasteiger partial charge is 0.464 e. The molecule has 19 heavy (non-hydrogen) atoms. The Morgan fingerprint density at radius 3 is 2.84 bits per heavy atom. The summed E-state index contributed by atoms with van der Waals surface area (Å²) in [5.74, 6) is 0.273. The third-order valence-corrected chi connectivity index (χ3v) is 3.67. The maximum Gasteiger partial charge on any atom is 0.356 e. The molecule has 100 valence electrons. The number of hydrogen-bond acceptors (Lipinski definition) is 3. The number of esters is 1. The monoisotopic (exact) mass is 298 g/mol. The van der Waals surface area contributed by atoms with Crippen molar-refractivity contribution in [3.8, 4) is 0 Å². The lowest BCUT2D eigenvalue weighted by Crippen LogP contribution is -2.12. The first kappa shape index (κ1) is 13.9. The molecule has 1 aromatic carbocycles. The van der Waals surface area contributed by atoms with E-state index in [9.17, 15) is 4.79 Å². The summed E-state index contributed by atoms with van der Waals surface area (Å²) in [7, 11) is 1.33. The molecule has 0 aliphatic carbocycles. The van der Waals surface area contributed by atoms with Crippen molar-refractivity contribution in [1.82, 2.24) is 9.55 Å². The SMILES string of the molecule is COC(=O)c1cnc(C)n1Cc1cccc(Cl)c1Cl. The predicted molar refractivity (Wildman–Crippen MR) is 73.9 cm³/mol. The van der Waals surface area contributed by atoms with Crippen LogP contribution in [0, 0.1) is 6.92 Å². The Morgan fingerprint density at radius 1 is 1.42 bits per heavy atom. The van der Waals surface area contributed by atoms with Crippen molar-refractivity contribution in [2.24, 2.45) is 0 Å². The zero-order valence-electron chi connectivity index (χ0n) is 10.5. The highest BCUT2D eigenvalue weighted by molar-refractivity contribution is 6.42. The zero-order valence-corrected chi connectivity index (χ0v) is 12.0. The Morgan fingerprint density at radius 2 is 2.16 bits per heavy atom. The van der Waals surface area contributed by atoms with Gasteiger partial charge in [-0.05, 0) is 18.6 Å². The molecule has 0 unspecified atom stereocenters. The number of halogens is 2. The Bertz CT molecular complexity index is 623. The molecule has 0 aliphatic rings. The summed E-state index contributed by atoms with van der Waals surface area (Å²) in [6.45, 7) is 2.22. The van der Waals surface area contributed by atoms with Crippen LogP contribution in [-0.4, -0.2) is 22.6 Å². The number of ether oxygens (including phenoxy) is 1. The maximum atomic E-state index is 11.6. The third kappa shape index (κ3) is 2.74. The first-order chi connectivity index (χ1) is 9.04. The van der Waals surface area contributed by atoms with Crippen LogP contribution in [0.4, 0.5) is 0 Å². The summed E-state index contributed by atoms with van der Waals surface area (Å²) >= 11 is 12.1. The summed E-state index contributed by atoms with van der Waals surface area (Å²) in [5, 5.41) is 0.963. The van der Waals surface area contributed by atoms with E-state index in [1.54, 1.807) is 10.6 Å². The smallest absolute Gasteiger partial charge is 0.356 e. The van der Waals surface area contributed by atoms with Gasteiger partial charge in [0.2, 0.25) is 0 Å². The predicted octanol–water partition coefficient (Wildman–Crippen LogP) is 3.33. The molecule has 0 amide bonds. The van der Waals surface area contributed by atoms with Gasteiger partial charge in [0, 0.05) is 0 Å². The van der Waals surface area contributed by atoms with Gasteiger partial charge >= 0.3 is 5.97 Å². The molecule has 0 spiro atoms. The van der Waals surface area contributed by atoms with Crippen LogP contribution in [0.5, 0.6) is 0 Å². The topological polar surface area (TPSA) is 44.1 Å². The molecule has 0 N–H and O–H groups in total. The highest BCUT2D eigenvalue weighted by atomic mass is 35.5. The molecule has 2 aromatic rings. The van der Waals surface area contributed by atoms with Crippen LogP contribution in [0.3, 0.4) is 0 Å². The van der Waals surface area contributed by atoms with Crippen molar-refractivity contribution < 1.29 is 9.53 Å². The lowest BCUT2D eigenvalue weighted by Gasteiger charge is -2.11. The van der Waals surface area contributed by atoms with E-state index < -0.39 is 5.97 Å². The van der Waals surface area contributed by atoms with Crippen LogP contribution in [0.25, 0.3) is 0 Å². The van der Waals surface area contributed by atoms with Crippen LogP contribution in [0.1, 0.15) is 21.9 Å². The number of benzene rings is 1. The second-order valence-corrected chi connectivity index (χ2v) is 4.77. The van der Waals surface area contributed by atoms with Crippen LogP contribution in [0.2, 0.25) is 10.0 Å². The standard InChI is InChI=1S/C13H12Cl2N2O2/c1-8-16-6-11(13(18)19-2)17(8)7-9-4-3-5-10(14)12(9)15/h3-6H,7H2,1-2H3. The van der Waals surface area contributed by atoms with Gasteiger partial charge in [0.25, 0.3) is 0 Å². The molecule has 2 rings (SSSR count). The molecule has 0 radical (unpaired) electrons. The van der Waals surface area contributed by atoms with Crippen LogP contribution in [-0.2, 0) is 11.3 Å². The fourth-order valence-corrected chi connectivity index (χ4v) is 2.16. The fourth-order valence-electron chi connectivity index (χ4n) is 1.78. The van der Waals surface area contributed by atoms with Gasteiger partial charge in [-0.25, -0.2) is 9.78 Å². The molecule has 4 nitrogen and oxygen atoms in total. The van der Waals surface area contributed by atoms with Crippen molar-refractivity contribution in [3.05, 3.63) is 51.5 Å². The van der Waals surface area contributed by atoms with E-state index in [0.717, 1.165) is 5.56 Å². The number of carbonyl (C=O) groups excluding carboxylic acids is 1. The first-order valence-corrected chi connectivity index (χ1v) is 6.33. The third-order valence-electron chi connectivity index (χ3n) is 2.81. The Balaban J connectivity index is 2.41. The Labute approximate surface area is 120 Å². The summed E-state index contributed by atoms with van der Waals surface area (Å²) in [5.41, 5.74) is 1.21.